The lowest BCUT2D eigenvalue weighted by atomic mass is 9.86. The van der Waals surface area contributed by atoms with Crippen molar-refractivity contribution >= 4 is 11.9 Å². The van der Waals surface area contributed by atoms with Gasteiger partial charge in [-0.25, -0.2) is 13.2 Å². The van der Waals surface area contributed by atoms with Gasteiger partial charge in [0.25, 0.3) is 5.91 Å². The lowest BCUT2D eigenvalue weighted by molar-refractivity contribution is 0.0996. The van der Waals surface area contributed by atoms with E-state index in [1.165, 1.54) is 6.92 Å². The highest BCUT2D eigenvalue weighted by Gasteiger charge is 2.30. The fourth-order valence-electron chi connectivity index (χ4n) is 2.61. The van der Waals surface area contributed by atoms with Crippen LogP contribution in [0.15, 0.2) is 17.1 Å². The molecule has 0 heterocycles. The maximum atomic E-state index is 14.5. The molecule has 1 amide bonds. The van der Waals surface area contributed by atoms with Crippen molar-refractivity contribution in [2.45, 2.75) is 32.1 Å². The Hall–Kier alpha value is -2.31. The smallest absolute Gasteiger partial charge is 0.283 e. The van der Waals surface area contributed by atoms with Crippen molar-refractivity contribution in [1.82, 2.24) is 0 Å². The van der Waals surface area contributed by atoms with Crippen LogP contribution in [0.5, 0.6) is 0 Å². The average Bonchev–Trinajstić information content (AvgIpc) is 2.46. The molecule has 0 aromatic heterocycles. The predicted octanol–water partition coefficient (Wildman–Crippen LogP) is 2.65. The van der Waals surface area contributed by atoms with Crippen molar-refractivity contribution in [1.29, 1.82) is 0 Å². The summed E-state index contributed by atoms with van der Waals surface area (Å²) in [6, 6.07) is 0. The summed E-state index contributed by atoms with van der Waals surface area (Å²) in [6.07, 6.45) is 5.56. The fourth-order valence-corrected chi connectivity index (χ4v) is 2.61. The number of aliphatic imine (C=N–C) groups is 1. The van der Waals surface area contributed by atoms with Crippen molar-refractivity contribution in [3.8, 4) is 0 Å². The number of carbonyl (C=O) groups excluding carboxylic acids is 1. The molecule has 1 aliphatic carbocycles. The molecule has 0 bridgehead atoms. The molecule has 7 heteroatoms. The average molecular weight is 311 g/mol. The van der Waals surface area contributed by atoms with E-state index in [2.05, 4.69) is 4.99 Å². The van der Waals surface area contributed by atoms with Gasteiger partial charge in [-0.3, -0.25) is 4.79 Å². The van der Waals surface area contributed by atoms with E-state index in [4.69, 9.17) is 11.5 Å². The quantitative estimate of drug-likeness (QED) is 0.381. The van der Waals surface area contributed by atoms with Gasteiger partial charge in [0.1, 0.15) is 5.82 Å². The summed E-state index contributed by atoms with van der Waals surface area (Å²) in [7, 11) is 0. The number of benzene rings is 1. The topological polar surface area (TPSA) is 81.5 Å². The van der Waals surface area contributed by atoms with Gasteiger partial charge >= 0.3 is 0 Å². The summed E-state index contributed by atoms with van der Waals surface area (Å²) >= 11 is 0. The standard InChI is InChI=1S/C15H16F3N3O/c1-7-9(14(22)21-15(19)20)12(17)13(18)10(11(7)16)8-5-3-2-4-6-8/h3,5,8H,2,4,6H2,1H3,(H4,19,20,21,22). The van der Waals surface area contributed by atoms with Gasteiger partial charge in [-0.1, -0.05) is 12.2 Å². The van der Waals surface area contributed by atoms with Crippen LogP contribution in [0.25, 0.3) is 0 Å². The molecule has 1 atom stereocenters. The minimum Gasteiger partial charge on any atom is -0.370 e. The van der Waals surface area contributed by atoms with Crippen LogP contribution in [0.2, 0.25) is 0 Å². The number of hydrogen-bond donors (Lipinski definition) is 2. The summed E-state index contributed by atoms with van der Waals surface area (Å²) in [5.74, 6) is -6.10. The van der Waals surface area contributed by atoms with Gasteiger partial charge in [-0.05, 0) is 26.2 Å². The third-order valence-electron chi connectivity index (χ3n) is 3.66. The highest BCUT2D eigenvalue weighted by Crippen LogP contribution is 2.35. The highest BCUT2D eigenvalue weighted by molar-refractivity contribution is 6.03. The summed E-state index contributed by atoms with van der Waals surface area (Å²) < 4.78 is 43.0. The molecule has 0 saturated heterocycles. The Kier molecular flexibility index (Phi) is 4.54. The van der Waals surface area contributed by atoms with Crippen LogP contribution in [0.1, 0.15) is 46.7 Å². The molecule has 1 unspecified atom stereocenters. The first-order chi connectivity index (χ1) is 10.3. The van der Waals surface area contributed by atoms with Crippen molar-refractivity contribution in [2.24, 2.45) is 16.5 Å². The first kappa shape index (κ1) is 16.1. The van der Waals surface area contributed by atoms with Gasteiger partial charge in [0.2, 0.25) is 0 Å². The number of carbonyl (C=O) groups is 1. The Morgan fingerprint density at radius 3 is 2.45 bits per heavy atom. The van der Waals surface area contributed by atoms with Crippen molar-refractivity contribution in [3.63, 3.8) is 0 Å². The Balaban J connectivity index is 2.62. The number of amides is 1. The molecule has 22 heavy (non-hydrogen) atoms. The summed E-state index contributed by atoms with van der Waals surface area (Å²) in [5, 5.41) is 0. The minimum atomic E-state index is -1.43. The van der Waals surface area contributed by atoms with Crippen LogP contribution < -0.4 is 11.5 Å². The molecule has 4 nitrogen and oxygen atoms in total. The van der Waals surface area contributed by atoms with Crippen molar-refractivity contribution < 1.29 is 18.0 Å². The molecule has 0 spiro atoms. The first-order valence-electron chi connectivity index (χ1n) is 6.82. The Bertz CT molecular complexity index is 650. The third-order valence-corrected chi connectivity index (χ3v) is 3.66. The monoisotopic (exact) mass is 311 g/mol. The second-order valence-electron chi connectivity index (χ2n) is 5.16. The normalized spacial score (nSPS) is 17.4. The minimum absolute atomic E-state index is 0.303. The number of allylic oxidation sites excluding steroid dienone is 2. The number of halogens is 3. The van der Waals surface area contributed by atoms with E-state index in [9.17, 15) is 18.0 Å². The maximum Gasteiger partial charge on any atom is 0.283 e. The van der Waals surface area contributed by atoms with E-state index in [1.54, 1.807) is 12.2 Å². The largest absolute Gasteiger partial charge is 0.370 e. The molecule has 0 radical (unpaired) electrons. The Morgan fingerprint density at radius 2 is 1.91 bits per heavy atom. The van der Waals surface area contributed by atoms with Gasteiger partial charge in [-0.2, -0.15) is 4.99 Å². The molecule has 1 aromatic rings. The lowest BCUT2D eigenvalue weighted by Crippen LogP contribution is -2.25. The fraction of sp³-hybridized carbons (Fsp3) is 0.333. The van der Waals surface area contributed by atoms with Gasteiger partial charge in [0.05, 0.1) is 5.56 Å². The van der Waals surface area contributed by atoms with E-state index >= 15 is 0 Å². The highest BCUT2D eigenvalue weighted by atomic mass is 19.2. The molecule has 1 aromatic carbocycles. The lowest BCUT2D eigenvalue weighted by Gasteiger charge is -2.20. The predicted molar refractivity (Wildman–Crippen MR) is 76.9 cm³/mol. The van der Waals surface area contributed by atoms with Gasteiger partial charge in [0, 0.05) is 17.0 Å². The molecular formula is C15H16F3N3O. The summed E-state index contributed by atoms with van der Waals surface area (Å²) in [5.41, 5.74) is 8.64. The summed E-state index contributed by atoms with van der Waals surface area (Å²) in [4.78, 5) is 14.9. The molecule has 4 N–H and O–H groups in total. The number of hydrogen-bond acceptors (Lipinski definition) is 1. The Labute approximate surface area is 125 Å². The number of guanidine groups is 1. The zero-order valence-electron chi connectivity index (χ0n) is 12.0. The maximum absolute atomic E-state index is 14.5. The van der Waals surface area contributed by atoms with Crippen molar-refractivity contribution in [2.75, 3.05) is 0 Å². The number of nitrogens with two attached hydrogens (primary N) is 2. The van der Waals surface area contributed by atoms with E-state index in [1.807, 2.05) is 0 Å². The van der Waals surface area contributed by atoms with Gasteiger partial charge in [0.15, 0.2) is 17.6 Å². The number of rotatable bonds is 2. The van der Waals surface area contributed by atoms with E-state index < -0.39 is 40.8 Å². The third kappa shape index (κ3) is 2.84. The zero-order valence-corrected chi connectivity index (χ0v) is 12.0. The van der Waals surface area contributed by atoms with Crippen molar-refractivity contribution in [3.05, 3.63) is 46.3 Å². The van der Waals surface area contributed by atoms with Crippen LogP contribution in [0, 0.1) is 24.4 Å². The molecule has 2 rings (SSSR count). The van der Waals surface area contributed by atoms with Crippen LogP contribution >= 0.6 is 0 Å². The first-order valence-corrected chi connectivity index (χ1v) is 6.82. The van der Waals surface area contributed by atoms with Gasteiger partial charge < -0.3 is 11.5 Å². The second-order valence-corrected chi connectivity index (χ2v) is 5.16. The van der Waals surface area contributed by atoms with E-state index in [0.29, 0.717) is 6.42 Å². The van der Waals surface area contributed by atoms with E-state index in [-0.39, 0.29) is 11.1 Å². The van der Waals surface area contributed by atoms with Crippen LogP contribution in [0.4, 0.5) is 13.2 Å². The Morgan fingerprint density at radius 1 is 1.23 bits per heavy atom. The van der Waals surface area contributed by atoms with E-state index in [0.717, 1.165) is 12.8 Å². The molecule has 0 fully saturated rings. The van der Waals surface area contributed by atoms with Crippen LogP contribution in [-0.2, 0) is 0 Å². The van der Waals surface area contributed by atoms with Crippen LogP contribution in [-0.4, -0.2) is 11.9 Å². The second kappa shape index (κ2) is 6.21. The zero-order chi connectivity index (χ0) is 16.4. The molecule has 1 aliphatic rings. The van der Waals surface area contributed by atoms with Gasteiger partial charge in [-0.15, -0.1) is 0 Å². The molecule has 0 saturated carbocycles. The molecular weight excluding hydrogens is 295 g/mol. The SMILES string of the molecule is Cc1c(F)c(C2C=CCCC2)c(F)c(F)c1C(=O)N=C(N)N. The molecule has 0 aliphatic heterocycles. The van der Waals surface area contributed by atoms with Crippen LogP contribution in [0.3, 0.4) is 0 Å². The summed E-state index contributed by atoms with van der Waals surface area (Å²) in [6.45, 7) is 1.20. The number of nitrogens with zero attached hydrogens (tertiary/aromatic N) is 1. The molecule has 118 valence electrons.